The normalized spacial score (nSPS) is 12.6. The Kier molecular flexibility index (Phi) is 3.20. The van der Waals surface area contributed by atoms with Gasteiger partial charge in [0.25, 0.3) is 5.91 Å². The molecule has 0 fully saturated rings. The number of alkyl halides is 6. The molecule has 0 radical (unpaired) electrons. The molecule has 3 nitrogen and oxygen atoms in total. The molecule has 0 saturated heterocycles. The number of benzene rings is 1. The van der Waals surface area contributed by atoms with Crippen molar-refractivity contribution in [2.24, 2.45) is 5.73 Å². The van der Waals surface area contributed by atoms with Gasteiger partial charge in [0.15, 0.2) is 0 Å². The fraction of sp³-hybridized carbons (Fsp3) is 0.222. The van der Waals surface area contributed by atoms with Crippen LogP contribution in [0, 0.1) is 0 Å². The summed E-state index contributed by atoms with van der Waals surface area (Å²) in [6.07, 6.45) is -10.2. The summed E-state index contributed by atoms with van der Waals surface area (Å²) in [4.78, 5) is 10.8. The van der Waals surface area contributed by atoms with Gasteiger partial charge in [0.2, 0.25) is 0 Å². The standard InChI is InChI=1S/C9H5F6NO2/c10-8(11,12)3-1-2-4(9(13,14)15)6(17)5(3)7(16)18/h1-2,17H,(H2,16,18). The van der Waals surface area contributed by atoms with Crippen LogP contribution in [0.3, 0.4) is 0 Å². The van der Waals surface area contributed by atoms with Crippen molar-refractivity contribution in [2.45, 2.75) is 12.4 Å². The third-order valence-electron chi connectivity index (χ3n) is 2.04. The molecule has 0 aliphatic rings. The third kappa shape index (κ3) is 2.49. The number of nitrogens with two attached hydrogens (primary N) is 1. The smallest absolute Gasteiger partial charge is 0.419 e. The lowest BCUT2D eigenvalue weighted by Crippen LogP contribution is -2.21. The van der Waals surface area contributed by atoms with Crippen molar-refractivity contribution < 1.29 is 36.2 Å². The average Bonchev–Trinajstić information content (AvgIpc) is 2.12. The van der Waals surface area contributed by atoms with Crippen molar-refractivity contribution >= 4 is 5.91 Å². The molecule has 0 spiro atoms. The van der Waals surface area contributed by atoms with Crippen molar-refractivity contribution in [3.8, 4) is 5.75 Å². The fourth-order valence-corrected chi connectivity index (χ4v) is 1.31. The number of primary amides is 1. The molecular formula is C9H5F6NO2. The van der Waals surface area contributed by atoms with Crippen LogP contribution >= 0.6 is 0 Å². The van der Waals surface area contributed by atoms with Crippen molar-refractivity contribution in [3.05, 3.63) is 28.8 Å². The lowest BCUT2D eigenvalue weighted by atomic mass is 10.0. The van der Waals surface area contributed by atoms with Crippen molar-refractivity contribution in [1.29, 1.82) is 0 Å². The second kappa shape index (κ2) is 4.07. The Balaban J connectivity index is 3.64. The first-order valence-corrected chi connectivity index (χ1v) is 4.26. The zero-order chi connectivity index (χ0) is 14.3. The topological polar surface area (TPSA) is 63.3 Å². The van der Waals surface area contributed by atoms with Crippen molar-refractivity contribution in [3.63, 3.8) is 0 Å². The number of amides is 1. The molecule has 100 valence electrons. The molecule has 1 aromatic rings. The zero-order valence-corrected chi connectivity index (χ0v) is 8.36. The average molecular weight is 273 g/mol. The summed E-state index contributed by atoms with van der Waals surface area (Å²) < 4.78 is 74.2. The van der Waals surface area contributed by atoms with Gasteiger partial charge < -0.3 is 10.8 Å². The van der Waals surface area contributed by atoms with Gasteiger partial charge in [0, 0.05) is 0 Å². The summed E-state index contributed by atoms with van der Waals surface area (Å²) in [5, 5.41) is 9.12. The maximum Gasteiger partial charge on any atom is 0.419 e. The van der Waals surface area contributed by atoms with Gasteiger partial charge in [-0.1, -0.05) is 0 Å². The highest BCUT2D eigenvalue weighted by Crippen LogP contribution is 2.42. The van der Waals surface area contributed by atoms with E-state index in [9.17, 15) is 31.1 Å². The highest BCUT2D eigenvalue weighted by atomic mass is 19.4. The molecular weight excluding hydrogens is 268 g/mol. The molecule has 0 unspecified atom stereocenters. The minimum atomic E-state index is -5.11. The molecule has 0 bridgehead atoms. The Morgan fingerprint density at radius 2 is 1.39 bits per heavy atom. The molecule has 0 heterocycles. The van der Waals surface area contributed by atoms with Crippen molar-refractivity contribution in [2.75, 3.05) is 0 Å². The molecule has 0 aliphatic heterocycles. The van der Waals surface area contributed by atoms with E-state index in [0.717, 1.165) is 0 Å². The quantitative estimate of drug-likeness (QED) is 0.772. The first-order valence-electron chi connectivity index (χ1n) is 4.26. The Labute approximate surface area is 95.8 Å². The van der Waals surface area contributed by atoms with Crippen LogP contribution in [-0.4, -0.2) is 11.0 Å². The minimum absolute atomic E-state index is 0.0323. The van der Waals surface area contributed by atoms with Crippen LogP contribution in [0.2, 0.25) is 0 Å². The number of carbonyl (C=O) groups excluding carboxylic acids is 1. The largest absolute Gasteiger partial charge is 0.506 e. The Bertz CT molecular complexity index is 491. The van der Waals surface area contributed by atoms with Gasteiger partial charge in [0.05, 0.1) is 16.7 Å². The van der Waals surface area contributed by atoms with E-state index in [4.69, 9.17) is 5.11 Å². The molecule has 0 aromatic heterocycles. The van der Waals surface area contributed by atoms with Gasteiger partial charge in [-0.15, -0.1) is 0 Å². The van der Waals surface area contributed by atoms with E-state index in [1.54, 1.807) is 0 Å². The molecule has 9 heteroatoms. The first kappa shape index (κ1) is 14.1. The predicted octanol–water partition coefficient (Wildman–Crippen LogP) is 2.53. The van der Waals surface area contributed by atoms with E-state index in [1.807, 2.05) is 0 Å². The van der Waals surface area contributed by atoms with Gasteiger partial charge in [-0.05, 0) is 12.1 Å². The molecule has 0 saturated carbocycles. The molecule has 1 aromatic carbocycles. The first-order chi connectivity index (χ1) is 7.96. The second-order valence-electron chi connectivity index (χ2n) is 3.24. The summed E-state index contributed by atoms with van der Waals surface area (Å²) in [6.45, 7) is 0. The summed E-state index contributed by atoms with van der Waals surface area (Å²) in [6, 6.07) is 0.0766. The molecule has 1 rings (SSSR count). The Hall–Kier alpha value is -1.93. The summed E-state index contributed by atoms with van der Waals surface area (Å²) in [5.74, 6) is -3.63. The lowest BCUT2D eigenvalue weighted by Gasteiger charge is -2.16. The highest BCUT2D eigenvalue weighted by Gasteiger charge is 2.41. The van der Waals surface area contributed by atoms with E-state index in [2.05, 4.69) is 5.73 Å². The molecule has 0 atom stereocenters. The van der Waals surface area contributed by atoms with Gasteiger partial charge >= 0.3 is 12.4 Å². The number of phenols is 1. The summed E-state index contributed by atoms with van der Waals surface area (Å²) in [7, 11) is 0. The van der Waals surface area contributed by atoms with Crippen LogP contribution < -0.4 is 5.73 Å². The van der Waals surface area contributed by atoms with E-state index in [0.29, 0.717) is 0 Å². The fourth-order valence-electron chi connectivity index (χ4n) is 1.31. The van der Waals surface area contributed by atoms with E-state index in [1.165, 1.54) is 0 Å². The maximum atomic E-state index is 12.4. The molecule has 18 heavy (non-hydrogen) atoms. The maximum absolute atomic E-state index is 12.4. The number of hydrogen-bond acceptors (Lipinski definition) is 2. The SMILES string of the molecule is NC(=O)c1c(C(F)(F)F)ccc(C(F)(F)F)c1O. The van der Waals surface area contributed by atoms with Crippen LogP contribution in [0.25, 0.3) is 0 Å². The minimum Gasteiger partial charge on any atom is -0.506 e. The van der Waals surface area contributed by atoms with Gasteiger partial charge in [-0.2, -0.15) is 26.3 Å². The monoisotopic (exact) mass is 273 g/mol. The van der Waals surface area contributed by atoms with Crippen molar-refractivity contribution in [1.82, 2.24) is 0 Å². The van der Waals surface area contributed by atoms with Crippen LogP contribution in [0.15, 0.2) is 12.1 Å². The van der Waals surface area contributed by atoms with Crippen LogP contribution in [-0.2, 0) is 12.4 Å². The van der Waals surface area contributed by atoms with Crippen LogP contribution in [0.5, 0.6) is 5.75 Å². The second-order valence-corrected chi connectivity index (χ2v) is 3.24. The van der Waals surface area contributed by atoms with E-state index in [-0.39, 0.29) is 12.1 Å². The highest BCUT2D eigenvalue weighted by molar-refractivity contribution is 5.97. The number of hydrogen-bond donors (Lipinski definition) is 2. The number of aromatic hydroxyl groups is 1. The Morgan fingerprint density at radius 1 is 1.00 bits per heavy atom. The van der Waals surface area contributed by atoms with E-state index >= 15 is 0 Å². The Morgan fingerprint density at radius 3 is 1.72 bits per heavy atom. The molecule has 3 N–H and O–H groups in total. The van der Waals surface area contributed by atoms with E-state index < -0.39 is 40.7 Å². The lowest BCUT2D eigenvalue weighted by molar-refractivity contribution is -0.142. The summed E-state index contributed by atoms with van der Waals surface area (Å²) >= 11 is 0. The third-order valence-corrected chi connectivity index (χ3v) is 2.04. The predicted molar refractivity (Wildman–Crippen MR) is 46.6 cm³/mol. The molecule has 0 aliphatic carbocycles. The van der Waals surface area contributed by atoms with Gasteiger partial charge in [-0.25, -0.2) is 0 Å². The number of rotatable bonds is 1. The summed E-state index contributed by atoms with van der Waals surface area (Å²) in [5.41, 5.74) is -0.523. The molecule has 1 amide bonds. The van der Waals surface area contributed by atoms with Gasteiger partial charge in [0.1, 0.15) is 5.75 Å². The zero-order valence-electron chi connectivity index (χ0n) is 8.36. The van der Waals surface area contributed by atoms with Crippen LogP contribution in [0.4, 0.5) is 26.3 Å². The number of halogens is 6. The van der Waals surface area contributed by atoms with Gasteiger partial charge in [-0.3, -0.25) is 4.79 Å². The number of carbonyl (C=O) groups is 1. The van der Waals surface area contributed by atoms with Crippen LogP contribution in [0.1, 0.15) is 21.5 Å².